The lowest BCUT2D eigenvalue weighted by Gasteiger charge is -2.36. The SMILES string of the molecule is CC(C)[C@@H]1CC[C@H](C)C[C@H]1OC(=O)Nc1cccc(Cl)c1. The summed E-state index contributed by atoms with van der Waals surface area (Å²) in [6, 6.07) is 7.09. The van der Waals surface area contributed by atoms with Crippen molar-refractivity contribution >= 4 is 23.4 Å². The molecular formula is C17H24ClNO2. The van der Waals surface area contributed by atoms with Crippen molar-refractivity contribution in [2.45, 2.75) is 46.1 Å². The van der Waals surface area contributed by atoms with Gasteiger partial charge in [-0.1, -0.05) is 44.9 Å². The Hall–Kier alpha value is -1.22. The van der Waals surface area contributed by atoms with Gasteiger partial charge >= 0.3 is 6.09 Å². The molecule has 3 nitrogen and oxygen atoms in total. The average Bonchev–Trinajstić information content (AvgIpc) is 2.38. The van der Waals surface area contributed by atoms with E-state index in [9.17, 15) is 4.79 Å². The summed E-state index contributed by atoms with van der Waals surface area (Å²) in [5.74, 6) is 1.59. The quantitative estimate of drug-likeness (QED) is 0.817. The first-order valence-corrected chi connectivity index (χ1v) is 8.06. The van der Waals surface area contributed by atoms with Gasteiger partial charge < -0.3 is 4.74 Å². The predicted octanol–water partition coefficient (Wildman–Crippen LogP) is 5.35. The van der Waals surface area contributed by atoms with Crippen molar-refractivity contribution in [3.05, 3.63) is 29.3 Å². The molecule has 3 atom stereocenters. The first-order valence-electron chi connectivity index (χ1n) is 7.69. The van der Waals surface area contributed by atoms with Crippen LogP contribution in [0, 0.1) is 17.8 Å². The molecule has 2 rings (SSSR count). The van der Waals surface area contributed by atoms with Crippen LogP contribution in [0.2, 0.25) is 5.02 Å². The molecule has 0 saturated heterocycles. The number of carbonyl (C=O) groups is 1. The molecule has 0 unspecified atom stereocenters. The lowest BCUT2D eigenvalue weighted by atomic mass is 9.75. The molecule has 1 aliphatic carbocycles. The Morgan fingerprint density at radius 2 is 2.14 bits per heavy atom. The number of benzene rings is 1. The zero-order valence-electron chi connectivity index (χ0n) is 12.9. The minimum atomic E-state index is -0.387. The van der Waals surface area contributed by atoms with E-state index in [0.717, 1.165) is 12.8 Å². The number of ether oxygens (including phenoxy) is 1. The van der Waals surface area contributed by atoms with Gasteiger partial charge in [-0.05, 0) is 48.8 Å². The summed E-state index contributed by atoms with van der Waals surface area (Å²) in [7, 11) is 0. The highest BCUT2D eigenvalue weighted by molar-refractivity contribution is 6.30. The van der Waals surface area contributed by atoms with Crippen LogP contribution < -0.4 is 5.32 Å². The van der Waals surface area contributed by atoms with E-state index in [1.807, 2.05) is 0 Å². The second-order valence-electron chi connectivity index (χ2n) is 6.41. The molecular weight excluding hydrogens is 286 g/mol. The van der Waals surface area contributed by atoms with Crippen molar-refractivity contribution in [3.63, 3.8) is 0 Å². The third kappa shape index (κ3) is 4.63. The minimum absolute atomic E-state index is 0.00735. The number of halogens is 1. The Balaban J connectivity index is 1.96. The molecule has 1 amide bonds. The average molecular weight is 310 g/mol. The van der Waals surface area contributed by atoms with Crippen LogP contribution >= 0.6 is 11.6 Å². The summed E-state index contributed by atoms with van der Waals surface area (Å²) >= 11 is 5.91. The fourth-order valence-electron chi connectivity index (χ4n) is 3.10. The van der Waals surface area contributed by atoms with Gasteiger partial charge in [0.2, 0.25) is 0 Å². The molecule has 4 heteroatoms. The van der Waals surface area contributed by atoms with Crippen molar-refractivity contribution in [1.29, 1.82) is 0 Å². The largest absolute Gasteiger partial charge is 0.446 e. The molecule has 0 heterocycles. The highest BCUT2D eigenvalue weighted by Gasteiger charge is 2.33. The van der Waals surface area contributed by atoms with E-state index in [0.29, 0.717) is 28.5 Å². The number of amides is 1. The number of anilines is 1. The molecule has 1 aromatic rings. The van der Waals surface area contributed by atoms with Gasteiger partial charge in [-0.3, -0.25) is 5.32 Å². The van der Waals surface area contributed by atoms with Crippen molar-refractivity contribution in [3.8, 4) is 0 Å². The second kappa shape index (κ2) is 7.17. The van der Waals surface area contributed by atoms with Gasteiger partial charge in [-0.15, -0.1) is 0 Å². The monoisotopic (exact) mass is 309 g/mol. The van der Waals surface area contributed by atoms with Crippen LogP contribution in [0.25, 0.3) is 0 Å². The van der Waals surface area contributed by atoms with Crippen molar-refractivity contribution in [2.75, 3.05) is 5.32 Å². The summed E-state index contributed by atoms with van der Waals surface area (Å²) in [5.41, 5.74) is 0.664. The third-order valence-corrected chi connectivity index (χ3v) is 4.53. The van der Waals surface area contributed by atoms with Crippen molar-refractivity contribution in [1.82, 2.24) is 0 Å². The molecule has 1 saturated carbocycles. The van der Waals surface area contributed by atoms with Gasteiger partial charge in [-0.2, -0.15) is 0 Å². The Kier molecular flexibility index (Phi) is 5.51. The molecule has 0 aliphatic heterocycles. The van der Waals surface area contributed by atoms with E-state index in [-0.39, 0.29) is 12.2 Å². The van der Waals surface area contributed by atoms with Gasteiger partial charge in [0.1, 0.15) is 6.10 Å². The van der Waals surface area contributed by atoms with E-state index in [1.54, 1.807) is 24.3 Å². The van der Waals surface area contributed by atoms with Gasteiger partial charge in [0.15, 0.2) is 0 Å². The molecule has 1 aliphatic rings. The number of hydrogen-bond donors (Lipinski definition) is 1. The fraction of sp³-hybridized carbons (Fsp3) is 0.588. The fourth-order valence-corrected chi connectivity index (χ4v) is 3.29. The normalized spacial score (nSPS) is 25.7. The summed E-state index contributed by atoms with van der Waals surface area (Å²) in [6.45, 7) is 6.62. The smallest absolute Gasteiger partial charge is 0.411 e. The van der Waals surface area contributed by atoms with Crippen LogP contribution in [0.15, 0.2) is 24.3 Å². The van der Waals surface area contributed by atoms with E-state index < -0.39 is 0 Å². The maximum Gasteiger partial charge on any atom is 0.411 e. The Morgan fingerprint density at radius 3 is 2.81 bits per heavy atom. The van der Waals surface area contributed by atoms with Crippen LogP contribution in [-0.2, 0) is 4.74 Å². The predicted molar refractivity (Wildman–Crippen MR) is 86.7 cm³/mol. The molecule has 0 spiro atoms. The van der Waals surface area contributed by atoms with Crippen LogP contribution in [0.4, 0.5) is 10.5 Å². The number of hydrogen-bond acceptors (Lipinski definition) is 2. The van der Waals surface area contributed by atoms with Gasteiger partial charge in [0, 0.05) is 10.7 Å². The first-order chi connectivity index (χ1) is 9.95. The second-order valence-corrected chi connectivity index (χ2v) is 6.84. The summed E-state index contributed by atoms with van der Waals surface area (Å²) in [4.78, 5) is 12.1. The minimum Gasteiger partial charge on any atom is -0.446 e. The molecule has 21 heavy (non-hydrogen) atoms. The summed E-state index contributed by atoms with van der Waals surface area (Å²) < 4.78 is 5.69. The maximum atomic E-state index is 12.1. The highest BCUT2D eigenvalue weighted by atomic mass is 35.5. The lowest BCUT2D eigenvalue weighted by Crippen LogP contribution is -2.36. The van der Waals surface area contributed by atoms with Gasteiger partial charge in [0.25, 0.3) is 0 Å². The zero-order valence-corrected chi connectivity index (χ0v) is 13.7. The van der Waals surface area contributed by atoms with Crippen molar-refractivity contribution in [2.24, 2.45) is 17.8 Å². The van der Waals surface area contributed by atoms with E-state index in [2.05, 4.69) is 26.1 Å². The summed E-state index contributed by atoms with van der Waals surface area (Å²) in [5, 5.41) is 3.36. The zero-order chi connectivity index (χ0) is 15.4. The van der Waals surface area contributed by atoms with E-state index in [4.69, 9.17) is 16.3 Å². The topological polar surface area (TPSA) is 38.3 Å². The number of rotatable bonds is 3. The molecule has 0 radical (unpaired) electrons. The molecule has 1 N–H and O–H groups in total. The van der Waals surface area contributed by atoms with Crippen LogP contribution in [0.5, 0.6) is 0 Å². The number of nitrogens with one attached hydrogen (secondary N) is 1. The molecule has 0 aromatic heterocycles. The summed E-state index contributed by atoms with van der Waals surface area (Å²) in [6.07, 6.45) is 2.92. The standard InChI is InChI=1S/C17H24ClNO2/c1-11(2)15-8-7-12(3)9-16(15)21-17(20)19-14-6-4-5-13(18)10-14/h4-6,10-12,15-16H,7-9H2,1-3H3,(H,19,20)/t12-,15-,16+/m0/s1. The Bertz CT molecular complexity index is 489. The van der Waals surface area contributed by atoms with E-state index in [1.165, 1.54) is 6.42 Å². The Labute approximate surface area is 132 Å². The van der Waals surface area contributed by atoms with Crippen molar-refractivity contribution < 1.29 is 9.53 Å². The van der Waals surface area contributed by atoms with Crippen LogP contribution in [0.1, 0.15) is 40.0 Å². The molecule has 116 valence electrons. The van der Waals surface area contributed by atoms with Crippen LogP contribution in [-0.4, -0.2) is 12.2 Å². The number of carbonyl (C=O) groups excluding carboxylic acids is 1. The first kappa shape index (κ1) is 16.2. The van der Waals surface area contributed by atoms with E-state index >= 15 is 0 Å². The third-order valence-electron chi connectivity index (χ3n) is 4.29. The van der Waals surface area contributed by atoms with Crippen LogP contribution in [0.3, 0.4) is 0 Å². The molecule has 1 aromatic carbocycles. The highest BCUT2D eigenvalue weighted by Crippen LogP contribution is 2.35. The maximum absolute atomic E-state index is 12.1. The lowest BCUT2D eigenvalue weighted by molar-refractivity contribution is 0.0126. The van der Waals surface area contributed by atoms with Gasteiger partial charge in [0.05, 0.1) is 0 Å². The van der Waals surface area contributed by atoms with Gasteiger partial charge in [-0.25, -0.2) is 4.79 Å². The molecule has 0 bridgehead atoms. The Morgan fingerprint density at radius 1 is 1.38 bits per heavy atom. The molecule has 1 fully saturated rings.